The van der Waals surface area contributed by atoms with Gasteiger partial charge in [-0.15, -0.1) is 10.2 Å². The van der Waals surface area contributed by atoms with Gasteiger partial charge >= 0.3 is 0 Å². The van der Waals surface area contributed by atoms with Gasteiger partial charge in [-0.05, 0) is 43.0 Å². The average molecular weight is 353 g/mol. The Kier molecular flexibility index (Phi) is 4.57. The van der Waals surface area contributed by atoms with Gasteiger partial charge in [0.1, 0.15) is 11.6 Å². The van der Waals surface area contributed by atoms with E-state index in [1.807, 2.05) is 18.2 Å². The molecule has 25 heavy (non-hydrogen) atoms. The highest BCUT2D eigenvalue weighted by Crippen LogP contribution is 2.42. The zero-order valence-corrected chi connectivity index (χ0v) is 14.9. The van der Waals surface area contributed by atoms with Crippen molar-refractivity contribution in [3.8, 4) is 0 Å². The van der Waals surface area contributed by atoms with Crippen LogP contribution in [0.25, 0.3) is 0 Å². The van der Waals surface area contributed by atoms with Crippen molar-refractivity contribution >= 4 is 11.8 Å². The molecule has 1 aromatic heterocycles. The summed E-state index contributed by atoms with van der Waals surface area (Å²) < 4.78 is 15.4. The van der Waals surface area contributed by atoms with E-state index in [0.29, 0.717) is 5.92 Å². The van der Waals surface area contributed by atoms with Gasteiger partial charge in [-0.25, -0.2) is 4.39 Å². The molecule has 1 aliphatic rings. The Morgan fingerprint density at radius 1 is 1.08 bits per heavy atom. The molecule has 1 atom stereocenters. The average Bonchev–Trinajstić information content (AvgIpc) is 3.40. The van der Waals surface area contributed by atoms with Gasteiger partial charge in [-0.1, -0.05) is 54.2 Å². The molecule has 0 spiro atoms. The van der Waals surface area contributed by atoms with Crippen LogP contribution >= 0.6 is 11.8 Å². The van der Waals surface area contributed by atoms with Crippen molar-refractivity contribution in [2.75, 3.05) is 0 Å². The Morgan fingerprint density at radius 3 is 2.48 bits per heavy atom. The molecule has 3 nitrogen and oxygen atoms in total. The minimum Gasteiger partial charge on any atom is -0.301 e. The van der Waals surface area contributed by atoms with Gasteiger partial charge < -0.3 is 4.57 Å². The maximum absolute atomic E-state index is 13.1. The molecule has 0 N–H and O–H groups in total. The van der Waals surface area contributed by atoms with Gasteiger partial charge in [0, 0.05) is 11.2 Å². The van der Waals surface area contributed by atoms with Crippen molar-refractivity contribution in [3.05, 3.63) is 77.4 Å². The Labute approximate surface area is 151 Å². The minimum absolute atomic E-state index is 0.186. The van der Waals surface area contributed by atoms with E-state index < -0.39 is 0 Å². The van der Waals surface area contributed by atoms with Crippen LogP contribution in [0.2, 0.25) is 0 Å². The van der Waals surface area contributed by atoms with E-state index in [2.05, 4.69) is 46.0 Å². The van der Waals surface area contributed by atoms with Crippen LogP contribution in [0.4, 0.5) is 4.39 Å². The lowest BCUT2D eigenvalue weighted by Crippen LogP contribution is -2.06. The van der Waals surface area contributed by atoms with Crippen LogP contribution in [0.1, 0.15) is 47.9 Å². The van der Waals surface area contributed by atoms with Gasteiger partial charge in [0.05, 0.1) is 6.54 Å². The number of hydrogen-bond donors (Lipinski definition) is 0. The summed E-state index contributed by atoms with van der Waals surface area (Å²) in [7, 11) is 0. The van der Waals surface area contributed by atoms with Crippen molar-refractivity contribution in [2.45, 2.75) is 42.6 Å². The fourth-order valence-electron chi connectivity index (χ4n) is 2.91. The first-order valence-electron chi connectivity index (χ1n) is 8.60. The molecule has 0 saturated heterocycles. The summed E-state index contributed by atoms with van der Waals surface area (Å²) in [5.74, 6) is 1.44. The first-order chi connectivity index (χ1) is 12.2. The normalized spacial score (nSPS) is 15.3. The SMILES string of the molecule is C[C@H](Sc1nnc(C2CC2)n1Cc1ccccc1)c1ccc(F)cc1. The summed E-state index contributed by atoms with van der Waals surface area (Å²) in [6.07, 6.45) is 2.40. The molecule has 0 amide bonds. The lowest BCUT2D eigenvalue weighted by atomic mass is 10.2. The second-order valence-corrected chi connectivity index (χ2v) is 7.81. The number of benzene rings is 2. The van der Waals surface area contributed by atoms with Crippen LogP contribution in [0.5, 0.6) is 0 Å². The molecule has 0 unspecified atom stereocenters. The van der Waals surface area contributed by atoms with Gasteiger partial charge in [-0.3, -0.25) is 0 Å². The minimum atomic E-state index is -0.204. The predicted molar refractivity (Wildman–Crippen MR) is 98.2 cm³/mol. The topological polar surface area (TPSA) is 30.7 Å². The Bertz CT molecular complexity index is 841. The molecule has 1 aliphatic carbocycles. The molecular formula is C20H20FN3S. The van der Waals surface area contributed by atoms with Crippen molar-refractivity contribution in [1.82, 2.24) is 14.8 Å². The highest BCUT2D eigenvalue weighted by molar-refractivity contribution is 7.99. The van der Waals surface area contributed by atoms with Crippen molar-refractivity contribution < 1.29 is 4.39 Å². The Hall–Kier alpha value is -2.14. The molecule has 0 aliphatic heterocycles. The van der Waals surface area contributed by atoms with Gasteiger partial charge in [-0.2, -0.15) is 0 Å². The number of rotatable bonds is 6. The van der Waals surface area contributed by atoms with E-state index in [4.69, 9.17) is 0 Å². The number of halogens is 1. The van der Waals surface area contributed by atoms with Crippen LogP contribution < -0.4 is 0 Å². The smallest absolute Gasteiger partial charge is 0.192 e. The zero-order chi connectivity index (χ0) is 17.2. The van der Waals surface area contributed by atoms with Crippen LogP contribution in [-0.2, 0) is 6.54 Å². The van der Waals surface area contributed by atoms with Gasteiger partial charge in [0.2, 0.25) is 0 Å². The highest BCUT2D eigenvalue weighted by Gasteiger charge is 2.30. The molecule has 128 valence electrons. The largest absolute Gasteiger partial charge is 0.301 e. The summed E-state index contributed by atoms with van der Waals surface area (Å²) in [6.45, 7) is 2.91. The van der Waals surface area contributed by atoms with E-state index in [-0.39, 0.29) is 11.1 Å². The van der Waals surface area contributed by atoms with Crippen molar-refractivity contribution in [3.63, 3.8) is 0 Å². The van der Waals surface area contributed by atoms with Crippen LogP contribution in [0.15, 0.2) is 59.8 Å². The van der Waals surface area contributed by atoms with E-state index >= 15 is 0 Å². The molecule has 1 heterocycles. The quantitative estimate of drug-likeness (QED) is 0.571. The maximum Gasteiger partial charge on any atom is 0.192 e. The lowest BCUT2D eigenvalue weighted by molar-refractivity contribution is 0.627. The molecule has 2 aromatic carbocycles. The predicted octanol–water partition coefficient (Wildman–Crippen LogP) is 5.20. The van der Waals surface area contributed by atoms with E-state index in [1.165, 1.54) is 30.5 Å². The van der Waals surface area contributed by atoms with Crippen LogP contribution in [-0.4, -0.2) is 14.8 Å². The molecule has 0 bridgehead atoms. The number of nitrogens with zero attached hydrogens (tertiary/aromatic N) is 3. The summed E-state index contributed by atoms with van der Waals surface area (Å²) in [4.78, 5) is 0. The number of hydrogen-bond acceptors (Lipinski definition) is 3. The number of aromatic nitrogens is 3. The second-order valence-electron chi connectivity index (χ2n) is 6.50. The Morgan fingerprint density at radius 2 is 1.80 bits per heavy atom. The Balaban J connectivity index is 1.59. The molecule has 3 aromatic rings. The fraction of sp³-hybridized carbons (Fsp3) is 0.300. The second kappa shape index (κ2) is 7.00. The summed E-state index contributed by atoms with van der Waals surface area (Å²) in [5, 5.41) is 10.0. The molecule has 1 fully saturated rings. The standard InChI is InChI=1S/C20H20FN3S/c1-14(16-9-11-18(21)12-10-16)25-20-23-22-19(17-7-8-17)24(20)13-15-5-3-2-4-6-15/h2-6,9-12,14,17H,7-8,13H2,1H3/t14-/m0/s1. The molecular weight excluding hydrogens is 333 g/mol. The van der Waals surface area contributed by atoms with Gasteiger partial charge in [0.25, 0.3) is 0 Å². The highest BCUT2D eigenvalue weighted by atomic mass is 32.2. The van der Waals surface area contributed by atoms with E-state index in [9.17, 15) is 4.39 Å². The van der Waals surface area contributed by atoms with Crippen LogP contribution in [0, 0.1) is 5.82 Å². The monoisotopic (exact) mass is 353 g/mol. The third kappa shape index (κ3) is 3.76. The van der Waals surface area contributed by atoms with E-state index in [0.717, 1.165) is 23.1 Å². The fourth-order valence-corrected chi connectivity index (χ4v) is 3.89. The number of thioether (sulfide) groups is 1. The maximum atomic E-state index is 13.1. The lowest BCUT2D eigenvalue weighted by Gasteiger charge is -2.14. The third-order valence-electron chi connectivity index (χ3n) is 4.49. The molecule has 1 saturated carbocycles. The van der Waals surface area contributed by atoms with Gasteiger partial charge in [0.15, 0.2) is 5.16 Å². The first-order valence-corrected chi connectivity index (χ1v) is 9.48. The summed E-state index contributed by atoms with van der Waals surface area (Å²) in [6, 6.07) is 17.1. The summed E-state index contributed by atoms with van der Waals surface area (Å²) >= 11 is 1.68. The third-order valence-corrected chi connectivity index (χ3v) is 5.63. The summed E-state index contributed by atoms with van der Waals surface area (Å²) in [5.41, 5.74) is 2.34. The zero-order valence-electron chi connectivity index (χ0n) is 14.1. The molecule has 0 radical (unpaired) electrons. The first kappa shape index (κ1) is 16.3. The molecule has 4 rings (SSSR count). The van der Waals surface area contributed by atoms with Crippen molar-refractivity contribution in [2.24, 2.45) is 0 Å². The van der Waals surface area contributed by atoms with E-state index in [1.54, 1.807) is 11.8 Å². The van der Waals surface area contributed by atoms with Crippen molar-refractivity contribution in [1.29, 1.82) is 0 Å². The molecule has 5 heteroatoms. The van der Waals surface area contributed by atoms with Crippen LogP contribution in [0.3, 0.4) is 0 Å².